The SMILES string of the molecule is CCCC(Cl)CNc1cc(OC)ncn1. The number of hydrogen-bond acceptors (Lipinski definition) is 4. The summed E-state index contributed by atoms with van der Waals surface area (Å²) < 4.78 is 4.99. The van der Waals surface area contributed by atoms with Crippen LogP contribution in [-0.2, 0) is 0 Å². The lowest BCUT2D eigenvalue weighted by atomic mass is 10.2. The van der Waals surface area contributed by atoms with Crippen LogP contribution in [-0.4, -0.2) is 29.0 Å². The van der Waals surface area contributed by atoms with Crippen molar-refractivity contribution in [3.8, 4) is 5.88 Å². The van der Waals surface area contributed by atoms with Crippen molar-refractivity contribution in [2.45, 2.75) is 25.1 Å². The number of hydrogen-bond donors (Lipinski definition) is 1. The molecule has 4 nitrogen and oxygen atoms in total. The third-order valence-corrected chi connectivity index (χ3v) is 2.33. The molecule has 0 radical (unpaired) electrons. The predicted octanol–water partition coefficient (Wildman–Crippen LogP) is 2.30. The molecule has 15 heavy (non-hydrogen) atoms. The zero-order valence-electron chi connectivity index (χ0n) is 9.03. The molecule has 1 rings (SSSR count). The second kappa shape index (κ2) is 6.45. The largest absolute Gasteiger partial charge is 0.481 e. The van der Waals surface area contributed by atoms with E-state index in [-0.39, 0.29) is 5.38 Å². The molecular formula is C10H16ClN3O. The zero-order chi connectivity index (χ0) is 11.1. The normalized spacial score (nSPS) is 12.2. The van der Waals surface area contributed by atoms with Crippen molar-refractivity contribution >= 4 is 17.4 Å². The Morgan fingerprint density at radius 3 is 3.00 bits per heavy atom. The summed E-state index contributed by atoms with van der Waals surface area (Å²) in [5.74, 6) is 1.29. The highest BCUT2D eigenvalue weighted by Crippen LogP contribution is 2.11. The minimum Gasteiger partial charge on any atom is -0.481 e. The molecule has 0 amide bonds. The van der Waals surface area contributed by atoms with Crippen LogP contribution in [0.1, 0.15) is 19.8 Å². The van der Waals surface area contributed by atoms with Gasteiger partial charge >= 0.3 is 0 Å². The van der Waals surface area contributed by atoms with Gasteiger partial charge in [0.1, 0.15) is 12.1 Å². The quantitative estimate of drug-likeness (QED) is 0.761. The molecule has 1 aromatic heterocycles. The number of nitrogens with one attached hydrogen (secondary N) is 1. The van der Waals surface area contributed by atoms with Gasteiger partial charge in [-0.1, -0.05) is 13.3 Å². The smallest absolute Gasteiger partial charge is 0.218 e. The van der Waals surface area contributed by atoms with E-state index in [0.29, 0.717) is 12.4 Å². The van der Waals surface area contributed by atoms with E-state index in [9.17, 15) is 0 Å². The topological polar surface area (TPSA) is 47.0 Å². The molecule has 0 fully saturated rings. The van der Waals surface area contributed by atoms with Crippen LogP contribution in [0.25, 0.3) is 0 Å². The second-order valence-electron chi connectivity index (χ2n) is 3.21. The van der Waals surface area contributed by atoms with E-state index in [0.717, 1.165) is 18.7 Å². The first-order valence-corrected chi connectivity index (χ1v) is 5.44. The lowest BCUT2D eigenvalue weighted by Gasteiger charge is -2.10. The third kappa shape index (κ3) is 4.34. The van der Waals surface area contributed by atoms with Gasteiger partial charge in [0, 0.05) is 12.6 Å². The van der Waals surface area contributed by atoms with Gasteiger partial charge in [-0.25, -0.2) is 9.97 Å². The fourth-order valence-corrected chi connectivity index (χ4v) is 1.47. The Bertz CT molecular complexity index is 296. The van der Waals surface area contributed by atoms with Crippen molar-refractivity contribution in [3.63, 3.8) is 0 Å². The number of methoxy groups -OCH3 is 1. The van der Waals surface area contributed by atoms with Crippen LogP contribution in [0.4, 0.5) is 5.82 Å². The highest BCUT2D eigenvalue weighted by Gasteiger charge is 2.03. The average molecular weight is 230 g/mol. The Morgan fingerprint density at radius 2 is 2.33 bits per heavy atom. The van der Waals surface area contributed by atoms with Crippen LogP contribution < -0.4 is 10.1 Å². The molecule has 0 aliphatic heterocycles. The van der Waals surface area contributed by atoms with Crippen molar-refractivity contribution in [3.05, 3.63) is 12.4 Å². The Labute approximate surface area is 95.0 Å². The number of halogens is 1. The summed E-state index contributed by atoms with van der Waals surface area (Å²) in [5.41, 5.74) is 0. The Morgan fingerprint density at radius 1 is 1.53 bits per heavy atom. The van der Waals surface area contributed by atoms with Gasteiger partial charge in [0.2, 0.25) is 5.88 Å². The number of rotatable bonds is 6. The van der Waals surface area contributed by atoms with E-state index in [2.05, 4.69) is 22.2 Å². The fraction of sp³-hybridized carbons (Fsp3) is 0.600. The van der Waals surface area contributed by atoms with Crippen molar-refractivity contribution < 1.29 is 4.74 Å². The Balaban J connectivity index is 2.43. The molecule has 5 heteroatoms. The van der Waals surface area contributed by atoms with E-state index in [1.54, 1.807) is 13.2 Å². The van der Waals surface area contributed by atoms with E-state index in [4.69, 9.17) is 16.3 Å². The molecule has 0 saturated carbocycles. The summed E-state index contributed by atoms with van der Waals surface area (Å²) in [6.07, 6.45) is 3.55. The highest BCUT2D eigenvalue weighted by molar-refractivity contribution is 6.20. The van der Waals surface area contributed by atoms with Crippen LogP contribution in [0.2, 0.25) is 0 Å². The minimum atomic E-state index is 0.135. The maximum Gasteiger partial charge on any atom is 0.218 e. The van der Waals surface area contributed by atoms with E-state index >= 15 is 0 Å². The van der Waals surface area contributed by atoms with Crippen molar-refractivity contribution in [1.29, 1.82) is 0 Å². The number of nitrogens with zero attached hydrogens (tertiary/aromatic N) is 2. The van der Waals surface area contributed by atoms with Gasteiger partial charge in [0.15, 0.2) is 0 Å². The molecule has 1 aromatic rings. The summed E-state index contributed by atoms with van der Waals surface area (Å²) in [6, 6.07) is 1.75. The second-order valence-corrected chi connectivity index (χ2v) is 3.83. The lowest BCUT2D eigenvalue weighted by molar-refractivity contribution is 0.397. The minimum absolute atomic E-state index is 0.135. The molecule has 0 bridgehead atoms. The van der Waals surface area contributed by atoms with E-state index < -0.39 is 0 Å². The van der Waals surface area contributed by atoms with Crippen molar-refractivity contribution in [2.24, 2.45) is 0 Å². The van der Waals surface area contributed by atoms with Crippen molar-refractivity contribution in [2.75, 3.05) is 19.0 Å². The van der Waals surface area contributed by atoms with Gasteiger partial charge in [-0.2, -0.15) is 0 Å². The van der Waals surface area contributed by atoms with Crippen LogP contribution in [0.15, 0.2) is 12.4 Å². The highest BCUT2D eigenvalue weighted by atomic mass is 35.5. The molecule has 1 heterocycles. The summed E-state index contributed by atoms with van der Waals surface area (Å²) in [5, 5.41) is 3.28. The Kier molecular flexibility index (Phi) is 5.18. The molecule has 0 aromatic carbocycles. The van der Waals surface area contributed by atoms with E-state index in [1.807, 2.05) is 0 Å². The summed E-state index contributed by atoms with van der Waals surface area (Å²) in [4.78, 5) is 7.97. The average Bonchev–Trinajstić information content (AvgIpc) is 2.27. The van der Waals surface area contributed by atoms with Gasteiger partial charge in [-0.15, -0.1) is 11.6 Å². The number of anilines is 1. The standard InChI is InChI=1S/C10H16ClN3O/c1-3-4-8(11)6-12-9-5-10(15-2)14-7-13-9/h5,7-8H,3-4,6H2,1-2H3,(H,12,13,14). The monoisotopic (exact) mass is 229 g/mol. The molecule has 84 valence electrons. The molecule has 0 spiro atoms. The van der Waals surface area contributed by atoms with Crippen LogP contribution >= 0.6 is 11.6 Å². The van der Waals surface area contributed by atoms with Crippen LogP contribution in [0, 0.1) is 0 Å². The first-order chi connectivity index (χ1) is 7.26. The molecule has 0 aliphatic rings. The summed E-state index contributed by atoms with van der Waals surface area (Å²) in [7, 11) is 1.58. The zero-order valence-corrected chi connectivity index (χ0v) is 9.79. The molecule has 1 atom stereocenters. The van der Waals surface area contributed by atoms with Gasteiger partial charge in [-0.3, -0.25) is 0 Å². The van der Waals surface area contributed by atoms with E-state index in [1.165, 1.54) is 6.33 Å². The van der Waals surface area contributed by atoms with Gasteiger partial charge in [-0.05, 0) is 6.42 Å². The number of alkyl halides is 1. The Hall–Kier alpha value is -1.03. The molecular weight excluding hydrogens is 214 g/mol. The first kappa shape index (κ1) is 12.0. The van der Waals surface area contributed by atoms with Crippen LogP contribution in [0.5, 0.6) is 5.88 Å². The number of aromatic nitrogens is 2. The summed E-state index contributed by atoms with van der Waals surface area (Å²) in [6.45, 7) is 2.82. The predicted molar refractivity (Wildman–Crippen MR) is 61.6 cm³/mol. The van der Waals surface area contributed by atoms with Gasteiger partial charge < -0.3 is 10.1 Å². The maximum absolute atomic E-state index is 6.07. The number of ether oxygens (including phenoxy) is 1. The first-order valence-electron chi connectivity index (χ1n) is 5.00. The summed E-state index contributed by atoms with van der Waals surface area (Å²) >= 11 is 6.07. The van der Waals surface area contributed by atoms with Gasteiger partial charge in [0.25, 0.3) is 0 Å². The fourth-order valence-electron chi connectivity index (χ4n) is 1.18. The molecule has 0 aliphatic carbocycles. The maximum atomic E-state index is 6.07. The van der Waals surface area contributed by atoms with Crippen LogP contribution in [0.3, 0.4) is 0 Å². The molecule has 0 saturated heterocycles. The molecule has 1 N–H and O–H groups in total. The molecule has 1 unspecified atom stereocenters. The van der Waals surface area contributed by atoms with Crippen molar-refractivity contribution in [1.82, 2.24) is 9.97 Å². The third-order valence-electron chi connectivity index (χ3n) is 1.96. The lowest BCUT2D eigenvalue weighted by Crippen LogP contribution is -2.14. The van der Waals surface area contributed by atoms with Gasteiger partial charge in [0.05, 0.1) is 12.5 Å².